The van der Waals surface area contributed by atoms with E-state index in [4.69, 9.17) is 9.26 Å². The van der Waals surface area contributed by atoms with Crippen molar-refractivity contribution < 1.29 is 14.1 Å². The summed E-state index contributed by atoms with van der Waals surface area (Å²) in [6, 6.07) is 17.3. The first-order valence-corrected chi connectivity index (χ1v) is 9.38. The number of methoxy groups -OCH3 is 1. The summed E-state index contributed by atoms with van der Waals surface area (Å²) in [4.78, 5) is 16.9. The SMILES string of the molecule is COc1ccc(C(NC(=O)CCc2nc(-c3ccccc3)no2)C(C)C)cc1. The minimum absolute atomic E-state index is 0.0472. The van der Waals surface area contributed by atoms with E-state index < -0.39 is 0 Å². The third-order valence-electron chi connectivity index (χ3n) is 4.52. The van der Waals surface area contributed by atoms with Gasteiger partial charge in [0.05, 0.1) is 13.2 Å². The van der Waals surface area contributed by atoms with E-state index in [2.05, 4.69) is 29.3 Å². The van der Waals surface area contributed by atoms with Crippen molar-refractivity contribution >= 4 is 5.91 Å². The van der Waals surface area contributed by atoms with Gasteiger partial charge in [-0.15, -0.1) is 0 Å². The average Bonchev–Trinajstić information content (AvgIpc) is 3.20. The van der Waals surface area contributed by atoms with Crippen LogP contribution >= 0.6 is 0 Å². The maximum Gasteiger partial charge on any atom is 0.227 e. The molecule has 0 fully saturated rings. The average molecular weight is 379 g/mol. The van der Waals surface area contributed by atoms with Crippen LogP contribution in [0.4, 0.5) is 0 Å². The summed E-state index contributed by atoms with van der Waals surface area (Å²) in [6.45, 7) is 4.17. The Bertz CT molecular complexity index is 889. The van der Waals surface area contributed by atoms with Gasteiger partial charge >= 0.3 is 0 Å². The van der Waals surface area contributed by atoms with Crippen LogP contribution in [0.5, 0.6) is 5.75 Å². The van der Waals surface area contributed by atoms with Crippen molar-refractivity contribution in [2.45, 2.75) is 32.7 Å². The molecule has 6 heteroatoms. The molecule has 0 saturated carbocycles. The van der Waals surface area contributed by atoms with Gasteiger partial charge in [-0.2, -0.15) is 4.98 Å². The quantitative estimate of drug-likeness (QED) is 0.635. The molecule has 0 saturated heterocycles. The van der Waals surface area contributed by atoms with Crippen molar-refractivity contribution in [2.75, 3.05) is 7.11 Å². The summed E-state index contributed by atoms with van der Waals surface area (Å²) in [5.41, 5.74) is 1.94. The van der Waals surface area contributed by atoms with Crippen molar-refractivity contribution in [3.8, 4) is 17.1 Å². The summed E-state index contributed by atoms with van der Waals surface area (Å²) in [6.07, 6.45) is 0.689. The molecular formula is C22H25N3O3. The molecule has 1 amide bonds. The first kappa shape index (κ1) is 19.6. The lowest BCUT2D eigenvalue weighted by Crippen LogP contribution is -2.31. The molecule has 0 radical (unpaired) electrons. The Balaban J connectivity index is 1.58. The highest BCUT2D eigenvalue weighted by Gasteiger charge is 2.19. The molecule has 1 unspecified atom stereocenters. The molecule has 1 heterocycles. The smallest absolute Gasteiger partial charge is 0.227 e. The molecule has 0 spiro atoms. The van der Waals surface area contributed by atoms with E-state index >= 15 is 0 Å². The zero-order valence-corrected chi connectivity index (χ0v) is 16.4. The lowest BCUT2D eigenvalue weighted by molar-refractivity contribution is -0.122. The fourth-order valence-corrected chi connectivity index (χ4v) is 2.97. The largest absolute Gasteiger partial charge is 0.497 e. The number of hydrogen-bond acceptors (Lipinski definition) is 5. The van der Waals surface area contributed by atoms with Crippen LogP contribution in [0.25, 0.3) is 11.4 Å². The van der Waals surface area contributed by atoms with Crippen LogP contribution in [0, 0.1) is 5.92 Å². The molecule has 6 nitrogen and oxygen atoms in total. The molecule has 0 aliphatic heterocycles. The van der Waals surface area contributed by atoms with Crippen LogP contribution < -0.4 is 10.1 Å². The van der Waals surface area contributed by atoms with Crippen molar-refractivity contribution in [3.05, 3.63) is 66.1 Å². The molecule has 3 aromatic rings. The second-order valence-electron chi connectivity index (χ2n) is 6.94. The van der Waals surface area contributed by atoms with Crippen LogP contribution in [0.1, 0.15) is 37.8 Å². The van der Waals surface area contributed by atoms with Gasteiger partial charge in [-0.3, -0.25) is 4.79 Å². The Hall–Kier alpha value is -3.15. The van der Waals surface area contributed by atoms with Crippen LogP contribution in [0.15, 0.2) is 59.1 Å². The van der Waals surface area contributed by atoms with Crippen molar-refractivity contribution in [3.63, 3.8) is 0 Å². The number of carbonyl (C=O) groups is 1. The van der Waals surface area contributed by atoms with Crippen LogP contribution in [0.3, 0.4) is 0 Å². The number of benzene rings is 2. The zero-order chi connectivity index (χ0) is 19.9. The van der Waals surface area contributed by atoms with E-state index in [0.717, 1.165) is 16.9 Å². The lowest BCUT2D eigenvalue weighted by Gasteiger charge is -2.23. The topological polar surface area (TPSA) is 77.2 Å². The number of aromatic nitrogens is 2. The summed E-state index contributed by atoms with van der Waals surface area (Å²) in [5.74, 6) is 2.00. The van der Waals surface area contributed by atoms with E-state index in [9.17, 15) is 4.79 Å². The molecule has 1 N–H and O–H groups in total. The van der Waals surface area contributed by atoms with Crippen molar-refractivity contribution in [1.82, 2.24) is 15.5 Å². The summed E-state index contributed by atoms with van der Waals surface area (Å²) in [5, 5.41) is 7.10. The van der Waals surface area contributed by atoms with Crippen molar-refractivity contribution in [1.29, 1.82) is 0 Å². The molecule has 3 rings (SSSR count). The normalized spacial score (nSPS) is 12.0. The maximum atomic E-state index is 12.5. The Morgan fingerprint density at radius 2 is 1.82 bits per heavy atom. The maximum absolute atomic E-state index is 12.5. The molecule has 0 aliphatic rings. The number of carbonyl (C=O) groups excluding carboxylic acids is 1. The number of rotatable bonds is 8. The molecule has 2 aromatic carbocycles. The minimum Gasteiger partial charge on any atom is -0.497 e. The first-order chi connectivity index (χ1) is 13.6. The second kappa shape index (κ2) is 9.17. The number of nitrogens with zero attached hydrogens (tertiary/aromatic N) is 2. The van der Waals surface area contributed by atoms with Crippen LogP contribution in [-0.2, 0) is 11.2 Å². The van der Waals surface area contributed by atoms with Crippen LogP contribution in [0.2, 0.25) is 0 Å². The predicted molar refractivity (Wildman–Crippen MR) is 107 cm³/mol. The molecule has 1 atom stereocenters. The van der Waals surface area contributed by atoms with Gasteiger partial charge in [-0.25, -0.2) is 0 Å². The van der Waals surface area contributed by atoms with Gasteiger partial charge in [-0.05, 0) is 23.6 Å². The highest BCUT2D eigenvalue weighted by Crippen LogP contribution is 2.24. The standard InChI is InChI=1S/C22H25N3O3/c1-15(2)21(16-9-11-18(27-3)12-10-16)23-19(26)13-14-20-24-22(25-28-20)17-7-5-4-6-8-17/h4-12,15,21H,13-14H2,1-3H3,(H,23,26). The minimum atomic E-state index is -0.0685. The van der Waals surface area contributed by atoms with Gasteiger partial charge in [0.25, 0.3) is 0 Å². The fraction of sp³-hybridized carbons (Fsp3) is 0.318. The molecule has 28 heavy (non-hydrogen) atoms. The van der Waals surface area contributed by atoms with Crippen LogP contribution in [-0.4, -0.2) is 23.2 Å². The molecular weight excluding hydrogens is 354 g/mol. The van der Waals surface area contributed by atoms with Gasteiger partial charge in [0, 0.05) is 18.4 Å². The van der Waals surface area contributed by atoms with E-state index in [-0.39, 0.29) is 24.3 Å². The van der Waals surface area contributed by atoms with Crippen molar-refractivity contribution in [2.24, 2.45) is 5.92 Å². The molecule has 0 aliphatic carbocycles. The van der Waals surface area contributed by atoms with E-state index in [1.807, 2.05) is 54.6 Å². The molecule has 1 aromatic heterocycles. The third kappa shape index (κ3) is 4.97. The summed E-state index contributed by atoms with van der Waals surface area (Å²) < 4.78 is 10.5. The van der Waals surface area contributed by atoms with Gasteiger partial charge in [0.15, 0.2) is 0 Å². The number of nitrogens with one attached hydrogen (secondary N) is 1. The number of hydrogen-bond donors (Lipinski definition) is 1. The lowest BCUT2D eigenvalue weighted by atomic mass is 9.95. The fourth-order valence-electron chi connectivity index (χ4n) is 2.97. The van der Waals surface area contributed by atoms with Gasteiger partial charge in [0.1, 0.15) is 5.75 Å². The highest BCUT2D eigenvalue weighted by molar-refractivity contribution is 5.76. The highest BCUT2D eigenvalue weighted by atomic mass is 16.5. The number of ether oxygens (including phenoxy) is 1. The Labute approximate surface area is 164 Å². The van der Waals surface area contributed by atoms with E-state index in [0.29, 0.717) is 18.1 Å². The Morgan fingerprint density at radius 1 is 1.11 bits per heavy atom. The summed E-state index contributed by atoms with van der Waals surface area (Å²) >= 11 is 0. The summed E-state index contributed by atoms with van der Waals surface area (Å²) in [7, 11) is 1.64. The monoisotopic (exact) mass is 379 g/mol. The Kier molecular flexibility index (Phi) is 6.42. The number of aryl methyl sites for hydroxylation is 1. The molecule has 0 bridgehead atoms. The zero-order valence-electron chi connectivity index (χ0n) is 16.4. The van der Waals surface area contributed by atoms with E-state index in [1.54, 1.807) is 7.11 Å². The number of amides is 1. The first-order valence-electron chi connectivity index (χ1n) is 9.38. The van der Waals surface area contributed by atoms with Gasteiger partial charge in [-0.1, -0.05) is 61.5 Å². The Morgan fingerprint density at radius 3 is 2.46 bits per heavy atom. The van der Waals surface area contributed by atoms with E-state index in [1.165, 1.54) is 0 Å². The second-order valence-corrected chi connectivity index (χ2v) is 6.94. The van der Waals surface area contributed by atoms with Gasteiger partial charge < -0.3 is 14.6 Å². The third-order valence-corrected chi connectivity index (χ3v) is 4.52. The van der Waals surface area contributed by atoms with Gasteiger partial charge in [0.2, 0.25) is 17.6 Å². The molecule has 146 valence electrons. The predicted octanol–water partition coefficient (Wildman–Crippen LogP) is 4.19.